The molecule has 188 valence electrons. The maximum atomic E-state index is 10.1. The summed E-state index contributed by atoms with van der Waals surface area (Å²) in [5.74, 6) is 3.17. The molecule has 3 nitrogen and oxygen atoms in total. The fourth-order valence-electron chi connectivity index (χ4n) is 6.08. The number of hydrogen-bond donors (Lipinski definition) is 2. The van der Waals surface area contributed by atoms with Crippen LogP contribution in [0, 0.1) is 23.2 Å². The Morgan fingerprint density at radius 2 is 2.12 bits per heavy atom. The Morgan fingerprint density at radius 1 is 1.36 bits per heavy atom. The first kappa shape index (κ1) is 27.9. The molecule has 0 aromatic carbocycles. The molecule has 3 heteroatoms. The standard InChI is InChI=1S/C30H50O3/c1-7-10-14-25-20-30(21-28(25)23(4)12-8-2,26-15-17-27(32)18-16-26)19-11-13-24(5)33-29(6,9-3)22-31/h8,13,15-17,23,25,27-28,31-32H,2,7,9-12,14,18-22H2,1,3-6H3/p+1/b24-13+/t23-,25?,27?,28?,29?,30?/m1/s1. The van der Waals surface area contributed by atoms with Gasteiger partial charge >= 0.3 is 0 Å². The number of ether oxygens (including phenoxy) is 1. The van der Waals surface area contributed by atoms with E-state index in [9.17, 15) is 10.2 Å². The fourth-order valence-corrected chi connectivity index (χ4v) is 6.08. The van der Waals surface area contributed by atoms with Crippen LogP contribution in [0.1, 0.15) is 98.8 Å². The molecule has 2 aliphatic carbocycles. The average molecular weight is 460 g/mol. The minimum Gasteiger partial charge on any atom is -0.581 e. The molecule has 1 fully saturated rings. The van der Waals surface area contributed by atoms with Crippen LogP contribution in [0.25, 0.3) is 0 Å². The molecular weight excluding hydrogens is 408 g/mol. The molecule has 0 bridgehead atoms. The van der Waals surface area contributed by atoms with Gasteiger partial charge in [-0.2, -0.15) is 0 Å². The zero-order valence-electron chi connectivity index (χ0n) is 22.0. The fraction of sp³-hybridized carbons (Fsp3) is 0.733. The van der Waals surface area contributed by atoms with Crippen LogP contribution in [0.5, 0.6) is 0 Å². The molecule has 2 aliphatic rings. The molecule has 0 aliphatic heterocycles. The van der Waals surface area contributed by atoms with Gasteiger partial charge < -0.3 is 14.9 Å². The molecule has 0 aromatic rings. The molecule has 6 atom stereocenters. The summed E-state index contributed by atoms with van der Waals surface area (Å²) in [6, 6.07) is 0. The quantitative estimate of drug-likeness (QED) is 0.167. The Balaban J connectivity index is 2.25. The molecule has 1 saturated carbocycles. The zero-order valence-corrected chi connectivity index (χ0v) is 22.0. The van der Waals surface area contributed by atoms with Crippen molar-refractivity contribution in [2.45, 2.75) is 111 Å². The number of aliphatic hydroxyl groups excluding tert-OH is 2. The first-order valence-electron chi connectivity index (χ1n) is 13.4. The van der Waals surface area contributed by atoms with Gasteiger partial charge in [0.25, 0.3) is 0 Å². The summed E-state index contributed by atoms with van der Waals surface area (Å²) in [5.41, 5.74) is 1.24. The maximum Gasteiger partial charge on any atom is 0.222 e. The van der Waals surface area contributed by atoms with Crippen LogP contribution < -0.4 is 0 Å². The van der Waals surface area contributed by atoms with Crippen LogP contribution in [0.4, 0.5) is 0 Å². The molecule has 0 radical (unpaired) electrons. The van der Waals surface area contributed by atoms with Crippen molar-refractivity contribution in [3.05, 3.63) is 48.3 Å². The Bertz CT molecular complexity index is 699. The van der Waals surface area contributed by atoms with Gasteiger partial charge in [0.15, 0.2) is 0 Å². The molecule has 0 aromatic heterocycles. The van der Waals surface area contributed by atoms with Crippen molar-refractivity contribution in [1.29, 1.82) is 0 Å². The van der Waals surface area contributed by atoms with Gasteiger partial charge in [0.2, 0.25) is 11.4 Å². The van der Waals surface area contributed by atoms with Gasteiger partial charge in [0.1, 0.15) is 6.61 Å². The van der Waals surface area contributed by atoms with Gasteiger partial charge in [0, 0.05) is 26.3 Å². The van der Waals surface area contributed by atoms with Crippen LogP contribution in [-0.4, -0.2) is 33.3 Å². The maximum absolute atomic E-state index is 10.1. The first-order valence-corrected chi connectivity index (χ1v) is 13.4. The van der Waals surface area contributed by atoms with E-state index in [4.69, 9.17) is 4.74 Å². The van der Waals surface area contributed by atoms with Crippen molar-refractivity contribution < 1.29 is 14.9 Å². The lowest BCUT2D eigenvalue weighted by atomic mass is 9.71. The number of aliphatic hydroxyl groups is 4. The predicted molar refractivity (Wildman–Crippen MR) is 141 cm³/mol. The number of hydrogen-bond acceptors (Lipinski definition) is 2. The van der Waals surface area contributed by atoms with Crippen molar-refractivity contribution in [2.24, 2.45) is 23.2 Å². The van der Waals surface area contributed by atoms with Crippen molar-refractivity contribution >= 4 is 0 Å². The number of rotatable bonds is 14. The molecule has 0 amide bonds. The Hall–Kier alpha value is -1.32. The van der Waals surface area contributed by atoms with Crippen LogP contribution >= 0.6 is 0 Å². The van der Waals surface area contributed by atoms with Crippen LogP contribution in [0.2, 0.25) is 0 Å². The van der Waals surface area contributed by atoms with E-state index in [1.54, 1.807) is 0 Å². The summed E-state index contributed by atoms with van der Waals surface area (Å²) in [6.45, 7) is 15.0. The second-order valence-corrected chi connectivity index (χ2v) is 11.1. The largest absolute Gasteiger partial charge is 0.581 e. The highest BCUT2D eigenvalue weighted by molar-refractivity contribution is 5.33. The van der Waals surface area contributed by atoms with Gasteiger partial charge in [0.05, 0.1) is 6.10 Å². The third-order valence-electron chi connectivity index (χ3n) is 8.38. The average Bonchev–Trinajstić information content (AvgIpc) is 3.18. The summed E-state index contributed by atoms with van der Waals surface area (Å²) in [5, 5.41) is 19.8. The number of unbranched alkanes of at least 4 members (excludes halogenated alkanes) is 1. The monoisotopic (exact) mass is 459 g/mol. The second kappa shape index (κ2) is 13.0. The van der Waals surface area contributed by atoms with Gasteiger partial charge in [-0.1, -0.05) is 64.3 Å². The predicted octanol–water partition coefficient (Wildman–Crippen LogP) is 7.02. The van der Waals surface area contributed by atoms with Crippen LogP contribution in [0.3, 0.4) is 0 Å². The van der Waals surface area contributed by atoms with Gasteiger partial charge in [-0.3, -0.25) is 0 Å². The molecular formula is C30H51O3+. The summed E-state index contributed by atoms with van der Waals surface area (Å²) < 4.78 is 4.82. The highest BCUT2D eigenvalue weighted by atomic mass is 16.5. The van der Waals surface area contributed by atoms with E-state index < -0.39 is 0 Å². The SMILES string of the molecule is C=CC[C@@H](C)C1CC(CC/C=C(\C)[OH+]C(C)(CC)CO)(C2=CCC(O)C=C2)CC1CCCC. The lowest BCUT2D eigenvalue weighted by Crippen LogP contribution is -2.35. The van der Waals surface area contributed by atoms with Crippen molar-refractivity contribution in [1.82, 2.24) is 0 Å². The third-order valence-corrected chi connectivity index (χ3v) is 8.38. The first-order chi connectivity index (χ1) is 15.7. The molecule has 0 spiro atoms. The van der Waals surface area contributed by atoms with Crippen molar-refractivity contribution in [3.8, 4) is 0 Å². The second-order valence-electron chi connectivity index (χ2n) is 11.1. The summed E-state index contributed by atoms with van der Waals surface area (Å²) in [6.07, 6.45) is 21.7. The van der Waals surface area contributed by atoms with Gasteiger partial charge in [-0.25, -0.2) is 0 Å². The summed E-state index contributed by atoms with van der Waals surface area (Å²) in [7, 11) is 0. The zero-order chi connectivity index (χ0) is 24.5. The third kappa shape index (κ3) is 7.59. The van der Waals surface area contributed by atoms with E-state index in [1.165, 1.54) is 37.7 Å². The molecule has 2 rings (SSSR count). The Labute approximate surface area is 203 Å². The Kier molecular flexibility index (Phi) is 11.0. The lowest BCUT2D eigenvalue weighted by Gasteiger charge is -2.33. The number of allylic oxidation sites excluding steroid dienone is 5. The summed E-state index contributed by atoms with van der Waals surface area (Å²) >= 11 is 0. The van der Waals surface area contributed by atoms with Gasteiger partial charge in [-0.15, -0.1) is 6.58 Å². The van der Waals surface area contributed by atoms with E-state index in [0.29, 0.717) is 5.92 Å². The van der Waals surface area contributed by atoms with E-state index in [2.05, 4.69) is 58.6 Å². The molecule has 33 heavy (non-hydrogen) atoms. The topological polar surface area (TPSA) is 53.3 Å². The smallest absolute Gasteiger partial charge is 0.222 e. The highest BCUT2D eigenvalue weighted by Gasteiger charge is 2.47. The highest BCUT2D eigenvalue weighted by Crippen LogP contribution is 2.57. The lowest BCUT2D eigenvalue weighted by molar-refractivity contribution is -0.148. The van der Waals surface area contributed by atoms with E-state index in [0.717, 1.165) is 49.7 Å². The van der Waals surface area contributed by atoms with Crippen LogP contribution in [0.15, 0.2) is 48.3 Å². The molecule has 0 saturated heterocycles. The van der Waals surface area contributed by atoms with Crippen LogP contribution in [-0.2, 0) is 0 Å². The van der Waals surface area contributed by atoms with E-state index in [-0.39, 0.29) is 23.7 Å². The Morgan fingerprint density at radius 3 is 2.70 bits per heavy atom. The van der Waals surface area contributed by atoms with E-state index in [1.807, 2.05) is 13.0 Å². The minimum atomic E-state index is -0.382. The normalized spacial score (nSPS) is 30.6. The molecule has 5 unspecified atom stereocenters. The summed E-state index contributed by atoms with van der Waals surface area (Å²) in [4.78, 5) is 0. The molecule has 3 N–H and O–H groups in total. The van der Waals surface area contributed by atoms with Crippen molar-refractivity contribution in [3.63, 3.8) is 0 Å². The van der Waals surface area contributed by atoms with E-state index >= 15 is 0 Å². The van der Waals surface area contributed by atoms with Crippen molar-refractivity contribution in [2.75, 3.05) is 6.61 Å². The van der Waals surface area contributed by atoms with Gasteiger partial charge in [-0.05, 0) is 67.3 Å². The molecule has 0 heterocycles. The minimum absolute atomic E-state index is 0.0839.